The Kier molecular flexibility index (Phi) is 6.55. The molecule has 1 aliphatic heterocycles. The van der Waals surface area contributed by atoms with Crippen molar-refractivity contribution in [1.82, 2.24) is 19.9 Å². The molecule has 0 bridgehead atoms. The molecule has 1 amide bonds. The van der Waals surface area contributed by atoms with E-state index in [1.54, 1.807) is 11.8 Å². The molecule has 0 radical (unpaired) electrons. The summed E-state index contributed by atoms with van der Waals surface area (Å²) in [4.78, 5) is 39.1. The lowest BCUT2D eigenvalue weighted by Crippen LogP contribution is -2.59. The summed E-state index contributed by atoms with van der Waals surface area (Å²) in [6.07, 6.45) is 1.39. The molecule has 1 aliphatic carbocycles. The maximum Gasteiger partial charge on any atom is 0.421 e. The van der Waals surface area contributed by atoms with Crippen LogP contribution in [0.2, 0.25) is 0 Å². The van der Waals surface area contributed by atoms with Crippen LogP contribution in [0.5, 0.6) is 0 Å². The Morgan fingerprint density at radius 1 is 1.21 bits per heavy atom. The molecule has 0 spiro atoms. The first-order valence-electron chi connectivity index (χ1n) is 11.4. The Balaban J connectivity index is 1.36. The van der Waals surface area contributed by atoms with E-state index < -0.39 is 29.5 Å². The molecular formula is C23H28F3N5O3. The number of nitrogens with one attached hydrogen (secondary N) is 1. The Labute approximate surface area is 195 Å². The zero-order valence-corrected chi connectivity index (χ0v) is 19.3. The third kappa shape index (κ3) is 5.34. The van der Waals surface area contributed by atoms with Crippen molar-refractivity contribution in [2.45, 2.75) is 70.3 Å². The van der Waals surface area contributed by atoms with Gasteiger partial charge in [0.25, 0.3) is 5.56 Å². The molecular weight excluding hydrogens is 451 g/mol. The van der Waals surface area contributed by atoms with Crippen molar-refractivity contribution in [3.63, 3.8) is 0 Å². The molecule has 8 nitrogen and oxygen atoms in total. The number of amides is 1. The minimum atomic E-state index is -4.75. The Hall–Kier alpha value is -3.11. The van der Waals surface area contributed by atoms with Crippen molar-refractivity contribution in [2.75, 3.05) is 18.0 Å². The lowest BCUT2D eigenvalue weighted by atomic mass is 10.1. The number of piperazine rings is 1. The van der Waals surface area contributed by atoms with Crippen molar-refractivity contribution < 1.29 is 22.7 Å². The number of halogens is 3. The predicted octanol–water partition coefficient (Wildman–Crippen LogP) is 3.73. The lowest BCUT2D eigenvalue weighted by Gasteiger charge is -2.43. The highest BCUT2D eigenvalue weighted by Crippen LogP contribution is 2.39. The summed E-state index contributed by atoms with van der Waals surface area (Å²) in [5.41, 5.74) is -1.09. The van der Waals surface area contributed by atoms with Gasteiger partial charge in [-0.2, -0.15) is 13.2 Å². The molecule has 4 rings (SSSR count). The van der Waals surface area contributed by atoms with E-state index >= 15 is 0 Å². The Morgan fingerprint density at radius 3 is 2.38 bits per heavy atom. The first-order valence-corrected chi connectivity index (χ1v) is 11.4. The highest BCUT2D eigenvalue weighted by molar-refractivity contribution is 5.69. The zero-order chi connectivity index (χ0) is 24.6. The van der Waals surface area contributed by atoms with Gasteiger partial charge in [-0.15, -0.1) is 0 Å². The van der Waals surface area contributed by atoms with Crippen LogP contribution in [0.25, 0.3) is 0 Å². The fraction of sp³-hybridized carbons (Fsp3) is 0.565. The van der Waals surface area contributed by atoms with Crippen LogP contribution < -0.4 is 10.5 Å². The first-order chi connectivity index (χ1) is 16.0. The van der Waals surface area contributed by atoms with E-state index in [2.05, 4.69) is 15.0 Å². The number of aromatic amines is 1. The standard InChI is InChI=1S/C23H28F3N5O3/c1-13-11-30(21-28-9-18(10-29-21)17-4-5-17)12-14(2)31(13)22(33)34-15(3)6-16-7-19(23(24,25)26)20(32)27-8-16/h7-10,13-15,17H,4-6,11-12H2,1-3H3,(H,27,32)/t13-,14+,15-/m0/s1. The SMILES string of the molecule is C[C@@H]1CN(c2ncc(C3CC3)cn2)C[C@H](C)N1C(=O)O[C@@H](C)Cc1c[nH]c(=O)c(C(F)(F)F)c1. The molecule has 1 saturated heterocycles. The number of anilines is 1. The van der Waals surface area contributed by atoms with Crippen molar-refractivity contribution >= 4 is 12.0 Å². The zero-order valence-electron chi connectivity index (χ0n) is 19.3. The van der Waals surface area contributed by atoms with E-state index in [-0.39, 0.29) is 24.1 Å². The molecule has 34 heavy (non-hydrogen) atoms. The number of nitrogens with zero attached hydrogens (tertiary/aromatic N) is 4. The summed E-state index contributed by atoms with van der Waals surface area (Å²) in [6, 6.07) is 0.432. The van der Waals surface area contributed by atoms with E-state index in [0.717, 1.165) is 11.6 Å². The average Bonchev–Trinajstić information content (AvgIpc) is 3.59. The van der Waals surface area contributed by atoms with Crippen LogP contribution in [0, 0.1) is 0 Å². The summed E-state index contributed by atoms with van der Waals surface area (Å²) in [7, 11) is 0. The van der Waals surface area contributed by atoms with Gasteiger partial charge in [-0.25, -0.2) is 14.8 Å². The highest BCUT2D eigenvalue weighted by atomic mass is 19.4. The van der Waals surface area contributed by atoms with Gasteiger partial charge in [0.15, 0.2) is 0 Å². The number of H-pyrrole nitrogens is 1. The van der Waals surface area contributed by atoms with Crippen LogP contribution in [-0.4, -0.2) is 57.2 Å². The van der Waals surface area contributed by atoms with Crippen LogP contribution >= 0.6 is 0 Å². The lowest BCUT2D eigenvalue weighted by molar-refractivity contribution is -0.138. The van der Waals surface area contributed by atoms with Gasteiger partial charge in [0.1, 0.15) is 11.7 Å². The third-order valence-electron chi connectivity index (χ3n) is 6.21. The van der Waals surface area contributed by atoms with Crippen molar-refractivity contribution in [3.8, 4) is 0 Å². The van der Waals surface area contributed by atoms with Crippen LogP contribution in [0.15, 0.2) is 29.5 Å². The molecule has 11 heteroatoms. The molecule has 1 saturated carbocycles. The maximum absolute atomic E-state index is 13.0. The number of rotatable bonds is 5. The number of hydrogen-bond acceptors (Lipinski definition) is 6. The fourth-order valence-electron chi connectivity index (χ4n) is 4.43. The third-order valence-corrected chi connectivity index (χ3v) is 6.21. The number of aromatic nitrogens is 3. The van der Waals surface area contributed by atoms with E-state index in [9.17, 15) is 22.8 Å². The number of pyridine rings is 1. The molecule has 0 unspecified atom stereocenters. The fourth-order valence-corrected chi connectivity index (χ4v) is 4.43. The van der Waals surface area contributed by atoms with Gasteiger partial charge in [0.05, 0.1) is 12.1 Å². The van der Waals surface area contributed by atoms with E-state index in [1.165, 1.54) is 19.0 Å². The second-order valence-corrected chi connectivity index (χ2v) is 9.25. The molecule has 2 aliphatic rings. The molecule has 2 aromatic rings. The summed E-state index contributed by atoms with van der Waals surface area (Å²) in [6.45, 7) is 6.49. The van der Waals surface area contributed by atoms with Crippen LogP contribution in [0.4, 0.5) is 23.9 Å². The monoisotopic (exact) mass is 479 g/mol. The maximum atomic E-state index is 13.0. The second-order valence-electron chi connectivity index (χ2n) is 9.25. The minimum Gasteiger partial charge on any atom is -0.446 e. The van der Waals surface area contributed by atoms with Gasteiger partial charge in [-0.3, -0.25) is 9.69 Å². The molecule has 184 valence electrons. The Morgan fingerprint density at radius 2 is 1.82 bits per heavy atom. The van der Waals surface area contributed by atoms with E-state index in [1.807, 2.05) is 31.1 Å². The van der Waals surface area contributed by atoms with Crippen LogP contribution in [-0.2, 0) is 17.3 Å². The molecule has 2 aromatic heterocycles. The number of alkyl halides is 3. The van der Waals surface area contributed by atoms with E-state index in [4.69, 9.17) is 4.74 Å². The predicted molar refractivity (Wildman–Crippen MR) is 119 cm³/mol. The normalized spacial score (nSPS) is 21.9. The smallest absolute Gasteiger partial charge is 0.421 e. The summed E-state index contributed by atoms with van der Waals surface area (Å²) >= 11 is 0. The highest BCUT2D eigenvalue weighted by Gasteiger charge is 2.36. The molecule has 1 N–H and O–H groups in total. The number of hydrogen-bond donors (Lipinski definition) is 1. The van der Waals surface area contributed by atoms with Gasteiger partial charge < -0.3 is 14.6 Å². The van der Waals surface area contributed by atoms with Gasteiger partial charge in [0.2, 0.25) is 5.95 Å². The molecule has 0 aromatic carbocycles. The largest absolute Gasteiger partial charge is 0.446 e. The average molecular weight is 480 g/mol. The minimum absolute atomic E-state index is 0.0372. The number of carbonyl (C=O) groups excluding carboxylic acids is 1. The van der Waals surface area contributed by atoms with Crippen molar-refractivity contribution in [2.24, 2.45) is 0 Å². The van der Waals surface area contributed by atoms with Gasteiger partial charge in [-0.05, 0) is 56.7 Å². The second kappa shape index (κ2) is 9.27. The number of carbonyl (C=O) groups is 1. The molecule has 2 fully saturated rings. The quantitative estimate of drug-likeness (QED) is 0.703. The van der Waals surface area contributed by atoms with E-state index in [0.29, 0.717) is 25.0 Å². The van der Waals surface area contributed by atoms with Gasteiger partial charge in [-0.1, -0.05) is 0 Å². The van der Waals surface area contributed by atoms with Gasteiger partial charge in [0, 0.05) is 38.1 Å². The van der Waals surface area contributed by atoms with Crippen molar-refractivity contribution in [1.29, 1.82) is 0 Å². The molecule has 3 heterocycles. The molecule has 3 atom stereocenters. The van der Waals surface area contributed by atoms with Crippen LogP contribution in [0.3, 0.4) is 0 Å². The Bertz CT molecular complexity index is 1070. The van der Waals surface area contributed by atoms with Crippen molar-refractivity contribution in [3.05, 3.63) is 51.7 Å². The summed E-state index contributed by atoms with van der Waals surface area (Å²) in [5, 5.41) is 0. The van der Waals surface area contributed by atoms with Gasteiger partial charge >= 0.3 is 12.3 Å². The summed E-state index contributed by atoms with van der Waals surface area (Å²) < 4.78 is 44.5. The van der Waals surface area contributed by atoms with Crippen LogP contribution in [0.1, 0.15) is 56.2 Å². The first kappa shape index (κ1) is 24.0. The topological polar surface area (TPSA) is 91.4 Å². The summed E-state index contributed by atoms with van der Waals surface area (Å²) in [5.74, 6) is 1.21. The number of ether oxygens (including phenoxy) is 1.